The van der Waals surface area contributed by atoms with Crippen LogP contribution in [0.3, 0.4) is 0 Å². The first kappa shape index (κ1) is 25.1. The smallest absolute Gasteiger partial charge is 0.490 e. The van der Waals surface area contributed by atoms with Gasteiger partial charge in [-0.25, -0.2) is 4.79 Å². The van der Waals surface area contributed by atoms with Crippen LogP contribution >= 0.6 is 0 Å². The van der Waals surface area contributed by atoms with Crippen LogP contribution in [0, 0.1) is 10.8 Å². The first-order chi connectivity index (χ1) is 15.8. The fourth-order valence-corrected chi connectivity index (χ4v) is 4.56. The van der Waals surface area contributed by atoms with E-state index in [1.165, 1.54) is 0 Å². The quantitative estimate of drug-likeness (QED) is 0.565. The number of rotatable bonds is 6. The lowest BCUT2D eigenvalue weighted by Crippen LogP contribution is -2.28. The number of piperidine rings is 1. The Hall–Kier alpha value is -3.54. The minimum absolute atomic E-state index is 0.196. The number of halogens is 3. The summed E-state index contributed by atoms with van der Waals surface area (Å²) in [6, 6.07) is 9.58. The number of methoxy groups -OCH3 is 2. The maximum atomic E-state index is 11.8. The van der Waals surface area contributed by atoms with Crippen LogP contribution in [0.5, 0.6) is 11.5 Å². The van der Waals surface area contributed by atoms with Crippen molar-refractivity contribution in [2.45, 2.75) is 19.1 Å². The standard InChI is InChI=1S/C20H21NO6.C2HF3O2/c1-26-13-5-3-12-4-6-16(27-2)15(14(12)7-13)8-21-10-19(17(22)23)9-20(19,11-21)18(24)25;3-2(4,5)1(6)7/h3-7H,8-11H2,1-2H3,(H,22,23)(H,24,25);(H,6,7)/t19-,20+;. The molecule has 0 radical (unpaired) electrons. The van der Waals surface area contributed by atoms with Crippen molar-refractivity contribution in [3.63, 3.8) is 0 Å². The summed E-state index contributed by atoms with van der Waals surface area (Å²) < 4.78 is 42.6. The van der Waals surface area contributed by atoms with Crippen molar-refractivity contribution in [2.75, 3.05) is 27.3 Å². The number of ether oxygens (including phenoxy) is 2. The van der Waals surface area contributed by atoms with Crippen LogP contribution in [0.15, 0.2) is 30.3 Å². The van der Waals surface area contributed by atoms with Gasteiger partial charge in [-0.05, 0) is 35.4 Å². The van der Waals surface area contributed by atoms with Crippen LogP contribution in [0.25, 0.3) is 10.8 Å². The Balaban J connectivity index is 0.000000406. The van der Waals surface area contributed by atoms with E-state index in [1.54, 1.807) is 14.2 Å². The fourth-order valence-electron chi connectivity index (χ4n) is 4.56. The zero-order chi connectivity index (χ0) is 25.5. The third kappa shape index (κ3) is 4.20. The molecule has 1 heterocycles. The average molecular weight is 485 g/mol. The fraction of sp³-hybridized carbons (Fsp3) is 0.409. The molecule has 2 aliphatic rings. The van der Waals surface area contributed by atoms with Crippen molar-refractivity contribution >= 4 is 28.7 Å². The SMILES string of the molecule is COc1ccc2ccc(OC)c(CN3C[C@@]4(C(=O)O)C[C@@]4(C(=O)O)C3)c2c1.O=C(O)C(F)(F)F. The van der Waals surface area contributed by atoms with Crippen molar-refractivity contribution in [1.29, 1.82) is 0 Å². The van der Waals surface area contributed by atoms with Crippen LogP contribution in [-0.2, 0) is 20.9 Å². The van der Waals surface area contributed by atoms with Crippen LogP contribution in [0.1, 0.15) is 12.0 Å². The molecule has 2 aromatic rings. The van der Waals surface area contributed by atoms with Gasteiger partial charge in [-0.15, -0.1) is 0 Å². The number of alkyl halides is 3. The van der Waals surface area contributed by atoms with E-state index < -0.39 is 34.9 Å². The summed E-state index contributed by atoms with van der Waals surface area (Å²) in [7, 11) is 3.19. The molecule has 2 aromatic carbocycles. The molecule has 12 heteroatoms. The molecule has 0 aromatic heterocycles. The van der Waals surface area contributed by atoms with Gasteiger partial charge in [-0.3, -0.25) is 14.5 Å². The molecule has 0 bridgehead atoms. The Morgan fingerprint density at radius 3 is 1.94 bits per heavy atom. The number of hydrogen-bond donors (Lipinski definition) is 3. The highest BCUT2D eigenvalue weighted by Crippen LogP contribution is 2.68. The predicted octanol–water partition coefficient (Wildman–Crippen LogP) is 2.85. The summed E-state index contributed by atoms with van der Waals surface area (Å²) >= 11 is 0. The molecule has 0 amide bonds. The van der Waals surface area contributed by atoms with Gasteiger partial charge in [0.1, 0.15) is 11.5 Å². The highest BCUT2D eigenvalue weighted by Gasteiger charge is 2.80. The summed E-state index contributed by atoms with van der Waals surface area (Å²) in [6.45, 7) is 0.855. The Labute approximate surface area is 191 Å². The van der Waals surface area contributed by atoms with Gasteiger partial charge in [0.2, 0.25) is 0 Å². The number of likely N-dealkylation sites (tertiary alicyclic amines) is 1. The number of hydrogen-bond acceptors (Lipinski definition) is 6. The number of carbonyl (C=O) groups is 3. The molecule has 34 heavy (non-hydrogen) atoms. The van der Waals surface area contributed by atoms with E-state index in [2.05, 4.69) is 0 Å². The van der Waals surface area contributed by atoms with Gasteiger partial charge in [0.05, 0.1) is 25.0 Å². The molecule has 184 valence electrons. The lowest BCUT2D eigenvalue weighted by Gasteiger charge is -2.22. The molecular formula is C22H22F3NO8. The van der Waals surface area contributed by atoms with E-state index in [-0.39, 0.29) is 19.5 Å². The number of carboxylic acid groups (broad SMARTS) is 3. The van der Waals surface area contributed by atoms with Crippen LogP contribution < -0.4 is 9.47 Å². The molecular weight excluding hydrogens is 463 g/mol. The van der Waals surface area contributed by atoms with E-state index in [4.69, 9.17) is 19.4 Å². The molecule has 1 saturated heterocycles. The van der Waals surface area contributed by atoms with Gasteiger partial charge in [0.15, 0.2) is 0 Å². The monoisotopic (exact) mass is 485 g/mol. The topological polar surface area (TPSA) is 134 Å². The summed E-state index contributed by atoms with van der Waals surface area (Å²) in [4.78, 5) is 34.3. The Morgan fingerprint density at radius 1 is 0.971 bits per heavy atom. The average Bonchev–Trinajstić information content (AvgIpc) is 3.31. The second-order valence-corrected chi connectivity index (χ2v) is 8.23. The number of benzene rings is 2. The van der Waals surface area contributed by atoms with Gasteiger partial charge < -0.3 is 24.8 Å². The molecule has 9 nitrogen and oxygen atoms in total. The normalized spacial score (nSPS) is 23.4. The van der Waals surface area contributed by atoms with Crippen molar-refractivity contribution < 1.29 is 52.3 Å². The number of nitrogens with zero attached hydrogens (tertiary/aromatic N) is 1. The Kier molecular flexibility index (Phi) is 6.40. The second-order valence-electron chi connectivity index (χ2n) is 8.23. The summed E-state index contributed by atoms with van der Waals surface area (Å²) in [5, 5.41) is 28.3. The molecule has 0 spiro atoms. The molecule has 2 fully saturated rings. The van der Waals surface area contributed by atoms with Gasteiger partial charge in [0, 0.05) is 25.2 Å². The highest BCUT2D eigenvalue weighted by molar-refractivity contribution is 5.94. The summed E-state index contributed by atoms with van der Waals surface area (Å²) in [5.74, 6) is -3.42. The third-order valence-corrected chi connectivity index (χ3v) is 6.34. The van der Waals surface area contributed by atoms with Crippen molar-refractivity contribution in [3.05, 3.63) is 35.9 Å². The second kappa shape index (κ2) is 8.67. The number of aliphatic carboxylic acids is 3. The third-order valence-electron chi connectivity index (χ3n) is 6.34. The number of fused-ring (bicyclic) bond motifs is 2. The highest BCUT2D eigenvalue weighted by atomic mass is 19.4. The van der Waals surface area contributed by atoms with E-state index >= 15 is 0 Å². The van der Waals surface area contributed by atoms with Crippen LogP contribution in [-0.4, -0.2) is 71.6 Å². The van der Waals surface area contributed by atoms with Crippen molar-refractivity contribution in [1.82, 2.24) is 4.90 Å². The predicted molar refractivity (Wildman–Crippen MR) is 111 cm³/mol. The zero-order valence-electron chi connectivity index (χ0n) is 18.2. The van der Waals surface area contributed by atoms with Crippen molar-refractivity contribution in [2.24, 2.45) is 10.8 Å². The van der Waals surface area contributed by atoms with Crippen molar-refractivity contribution in [3.8, 4) is 11.5 Å². The molecule has 1 saturated carbocycles. The Morgan fingerprint density at radius 2 is 1.50 bits per heavy atom. The zero-order valence-corrected chi connectivity index (χ0v) is 18.2. The van der Waals surface area contributed by atoms with Gasteiger partial charge in [-0.1, -0.05) is 12.1 Å². The first-order valence-corrected chi connectivity index (χ1v) is 9.94. The summed E-state index contributed by atoms with van der Waals surface area (Å²) in [6.07, 6.45) is -4.89. The van der Waals surface area contributed by atoms with E-state index in [1.807, 2.05) is 35.2 Å². The minimum Gasteiger partial charge on any atom is -0.497 e. The van der Waals surface area contributed by atoms with Gasteiger partial charge in [-0.2, -0.15) is 13.2 Å². The maximum absolute atomic E-state index is 11.8. The minimum atomic E-state index is -5.08. The van der Waals surface area contributed by atoms with E-state index in [0.29, 0.717) is 18.0 Å². The number of carboxylic acids is 3. The summed E-state index contributed by atoms with van der Waals surface area (Å²) in [5.41, 5.74) is -1.47. The van der Waals surface area contributed by atoms with Gasteiger partial charge in [0.25, 0.3) is 0 Å². The maximum Gasteiger partial charge on any atom is 0.490 e. The molecule has 0 unspecified atom stereocenters. The van der Waals surface area contributed by atoms with E-state index in [0.717, 1.165) is 16.3 Å². The van der Waals surface area contributed by atoms with Crippen LogP contribution in [0.2, 0.25) is 0 Å². The van der Waals surface area contributed by atoms with Gasteiger partial charge >= 0.3 is 24.1 Å². The van der Waals surface area contributed by atoms with Crippen LogP contribution in [0.4, 0.5) is 13.2 Å². The molecule has 2 atom stereocenters. The molecule has 4 rings (SSSR count). The first-order valence-electron chi connectivity index (χ1n) is 9.94. The molecule has 1 aliphatic heterocycles. The molecule has 1 aliphatic carbocycles. The largest absolute Gasteiger partial charge is 0.497 e. The molecule has 3 N–H and O–H groups in total. The lowest BCUT2D eigenvalue weighted by molar-refractivity contribution is -0.192. The Bertz CT molecular complexity index is 1120. The van der Waals surface area contributed by atoms with E-state index in [9.17, 15) is 33.0 Å². The lowest BCUT2D eigenvalue weighted by atomic mass is 9.97.